The van der Waals surface area contributed by atoms with E-state index in [-0.39, 0.29) is 0 Å². The maximum atomic E-state index is 4.37. The summed E-state index contributed by atoms with van der Waals surface area (Å²) in [6.45, 7) is 0. The van der Waals surface area contributed by atoms with E-state index in [1.165, 1.54) is 5.69 Å². The Morgan fingerprint density at radius 2 is 2.17 bits per heavy atom. The number of nitrogens with zero attached hydrogens (tertiary/aromatic N) is 3. The topological polar surface area (TPSA) is 42.7 Å². The van der Waals surface area contributed by atoms with Gasteiger partial charge in [-0.05, 0) is 38.1 Å². The van der Waals surface area contributed by atoms with Crippen LogP contribution in [0.15, 0.2) is 36.7 Å². The molecule has 1 unspecified atom stereocenters. The fourth-order valence-corrected chi connectivity index (χ4v) is 2.09. The van der Waals surface area contributed by atoms with Gasteiger partial charge in [0, 0.05) is 43.3 Å². The second-order valence-corrected chi connectivity index (χ2v) is 4.50. The van der Waals surface area contributed by atoms with Gasteiger partial charge in [-0.15, -0.1) is 0 Å². The first-order valence-electron chi connectivity index (χ1n) is 6.33. The molecular formula is C14H20N4. The lowest BCUT2D eigenvalue weighted by atomic mass is 10.0. The van der Waals surface area contributed by atoms with Gasteiger partial charge in [0.2, 0.25) is 0 Å². The predicted octanol–water partition coefficient (Wildman–Crippen LogP) is 1.58. The average Bonchev–Trinajstić information content (AvgIpc) is 2.81. The molecule has 2 heterocycles. The zero-order valence-corrected chi connectivity index (χ0v) is 11.0. The van der Waals surface area contributed by atoms with Crippen molar-refractivity contribution in [3.05, 3.63) is 48.0 Å². The van der Waals surface area contributed by atoms with Gasteiger partial charge in [-0.3, -0.25) is 9.67 Å². The lowest BCUT2D eigenvalue weighted by molar-refractivity contribution is 0.506. The Hall–Kier alpha value is -1.68. The van der Waals surface area contributed by atoms with Crippen molar-refractivity contribution >= 4 is 0 Å². The zero-order valence-electron chi connectivity index (χ0n) is 11.0. The molecule has 4 heteroatoms. The van der Waals surface area contributed by atoms with Gasteiger partial charge in [0.1, 0.15) is 0 Å². The van der Waals surface area contributed by atoms with Crippen LogP contribution < -0.4 is 5.32 Å². The van der Waals surface area contributed by atoms with Crippen molar-refractivity contribution in [2.24, 2.45) is 7.05 Å². The molecule has 1 N–H and O–H groups in total. The van der Waals surface area contributed by atoms with Crippen LogP contribution in [0.1, 0.15) is 17.8 Å². The van der Waals surface area contributed by atoms with Crippen LogP contribution in [0.25, 0.3) is 0 Å². The molecule has 0 spiro atoms. The van der Waals surface area contributed by atoms with E-state index in [1.807, 2.05) is 43.3 Å². The van der Waals surface area contributed by atoms with Crippen LogP contribution >= 0.6 is 0 Å². The van der Waals surface area contributed by atoms with E-state index in [2.05, 4.69) is 27.5 Å². The van der Waals surface area contributed by atoms with Crippen LogP contribution in [0, 0.1) is 0 Å². The zero-order chi connectivity index (χ0) is 12.8. The Kier molecular flexibility index (Phi) is 4.47. The number of hydrogen-bond acceptors (Lipinski definition) is 3. The SMILES string of the molecule is CNC(CCc1ccnn1C)Cc1ccccn1. The molecule has 2 aromatic rings. The van der Waals surface area contributed by atoms with Gasteiger partial charge in [0.05, 0.1) is 0 Å². The Bertz CT molecular complexity index is 464. The van der Waals surface area contributed by atoms with E-state index >= 15 is 0 Å². The number of nitrogens with one attached hydrogen (secondary N) is 1. The van der Waals surface area contributed by atoms with Gasteiger partial charge in [-0.2, -0.15) is 5.10 Å². The Labute approximate surface area is 108 Å². The fraction of sp³-hybridized carbons (Fsp3) is 0.429. The smallest absolute Gasteiger partial charge is 0.0492 e. The minimum Gasteiger partial charge on any atom is -0.317 e. The molecule has 0 aromatic carbocycles. The molecule has 2 rings (SSSR count). The van der Waals surface area contributed by atoms with Gasteiger partial charge in [0.15, 0.2) is 0 Å². The minimum atomic E-state index is 0.454. The number of rotatable bonds is 6. The molecule has 18 heavy (non-hydrogen) atoms. The summed E-state index contributed by atoms with van der Waals surface area (Å²) in [7, 11) is 4.00. The van der Waals surface area contributed by atoms with Crippen LogP contribution in [0.4, 0.5) is 0 Å². The highest BCUT2D eigenvalue weighted by Crippen LogP contribution is 2.07. The van der Waals surface area contributed by atoms with Crippen LogP contribution in [0.3, 0.4) is 0 Å². The Balaban J connectivity index is 1.88. The van der Waals surface area contributed by atoms with E-state index < -0.39 is 0 Å². The van der Waals surface area contributed by atoms with Gasteiger partial charge >= 0.3 is 0 Å². The summed E-state index contributed by atoms with van der Waals surface area (Å²) < 4.78 is 1.94. The molecule has 0 aliphatic carbocycles. The third-order valence-corrected chi connectivity index (χ3v) is 3.26. The standard InChI is InChI=1S/C14H20N4/c1-15-12(11-13-5-3-4-9-16-13)6-7-14-8-10-17-18(14)2/h3-5,8-10,12,15H,6-7,11H2,1-2H3. The quantitative estimate of drug-likeness (QED) is 0.839. The number of aromatic nitrogens is 3. The summed E-state index contributed by atoms with van der Waals surface area (Å²) in [6.07, 6.45) is 6.79. The molecule has 0 bridgehead atoms. The third-order valence-electron chi connectivity index (χ3n) is 3.26. The van der Waals surface area contributed by atoms with E-state index in [9.17, 15) is 0 Å². The molecule has 0 saturated heterocycles. The molecule has 96 valence electrons. The molecule has 0 aliphatic rings. The van der Waals surface area contributed by atoms with Crippen molar-refractivity contribution in [2.75, 3.05) is 7.05 Å². The largest absolute Gasteiger partial charge is 0.317 e. The van der Waals surface area contributed by atoms with Gasteiger partial charge in [-0.1, -0.05) is 6.07 Å². The maximum absolute atomic E-state index is 4.37. The number of aryl methyl sites for hydroxylation is 2. The maximum Gasteiger partial charge on any atom is 0.0492 e. The second kappa shape index (κ2) is 6.31. The summed E-state index contributed by atoms with van der Waals surface area (Å²) in [6, 6.07) is 8.60. The van der Waals surface area contributed by atoms with E-state index in [0.29, 0.717) is 6.04 Å². The van der Waals surface area contributed by atoms with Crippen molar-refractivity contribution in [2.45, 2.75) is 25.3 Å². The highest BCUT2D eigenvalue weighted by Gasteiger charge is 2.09. The average molecular weight is 244 g/mol. The van der Waals surface area contributed by atoms with Crippen molar-refractivity contribution < 1.29 is 0 Å². The number of hydrogen-bond donors (Lipinski definition) is 1. The second-order valence-electron chi connectivity index (χ2n) is 4.50. The normalized spacial score (nSPS) is 12.6. The summed E-state index contributed by atoms with van der Waals surface area (Å²) in [5.74, 6) is 0. The Morgan fingerprint density at radius 1 is 1.28 bits per heavy atom. The highest BCUT2D eigenvalue weighted by molar-refractivity contribution is 5.06. The minimum absolute atomic E-state index is 0.454. The summed E-state index contributed by atoms with van der Waals surface area (Å²) in [4.78, 5) is 4.37. The van der Waals surface area contributed by atoms with E-state index in [4.69, 9.17) is 0 Å². The van der Waals surface area contributed by atoms with Crippen LogP contribution in [-0.4, -0.2) is 27.9 Å². The van der Waals surface area contributed by atoms with Gasteiger partial charge in [0.25, 0.3) is 0 Å². The summed E-state index contributed by atoms with van der Waals surface area (Å²) in [5, 5.41) is 7.55. The highest BCUT2D eigenvalue weighted by atomic mass is 15.2. The van der Waals surface area contributed by atoms with Crippen molar-refractivity contribution in [3.8, 4) is 0 Å². The summed E-state index contributed by atoms with van der Waals surface area (Å²) >= 11 is 0. The lowest BCUT2D eigenvalue weighted by Gasteiger charge is -2.15. The molecule has 0 saturated carbocycles. The first-order valence-corrected chi connectivity index (χ1v) is 6.33. The number of pyridine rings is 1. The van der Waals surface area contributed by atoms with Crippen molar-refractivity contribution in [1.82, 2.24) is 20.1 Å². The fourth-order valence-electron chi connectivity index (χ4n) is 2.09. The molecule has 4 nitrogen and oxygen atoms in total. The molecule has 0 radical (unpaired) electrons. The molecule has 1 atom stereocenters. The first-order chi connectivity index (χ1) is 8.79. The third kappa shape index (κ3) is 3.40. The summed E-state index contributed by atoms with van der Waals surface area (Å²) in [5.41, 5.74) is 2.41. The lowest BCUT2D eigenvalue weighted by Crippen LogP contribution is -2.28. The van der Waals surface area contributed by atoms with Crippen LogP contribution in [-0.2, 0) is 19.9 Å². The van der Waals surface area contributed by atoms with Gasteiger partial charge < -0.3 is 5.32 Å². The van der Waals surface area contributed by atoms with E-state index in [0.717, 1.165) is 25.0 Å². The predicted molar refractivity (Wildman–Crippen MR) is 72.3 cm³/mol. The molecule has 0 amide bonds. The van der Waals surface area contributed by atoms with Crippen molar-refractivity contribution in [3.63, 3.8) is 0 Å². The molecule has 0 fully saturated rings. The molecule has 0 aliphatic heterocycles. The van der Waals surface area contributed by atoms with Crippen LogP contribution in [0.5, 0.6) is 0 Å². The van der Waals surface area contributed by atoms with Crippen molar-refractivity contribution in [1.29, 1.82) is 0 Å². The van der Waals surface area contributed by atoms with Crippen LogP contribution in [0.2, 0.25) is 0 Å². The molecule has 2 aromatic heterocycles. The number of likely N-dealkylation sites (N-methyl/N-ethyl adjacent to an activating group) is 1. The van der Waals surface area contributed by atoms with Gasteiger partial charge in [-0.25, -0.2) is 0 Å². The molecular weight excluding hydrogens is 224 g/mol. The monoisotopic (exact) mass is 244 g/mol. The van der Waals surface area contributed by atoms with E-state index in [1.54, 1.807) is 0 Å². The first kappa shape index (κ1) is 12.8. The Morgan fingerprint density at radius 3 is 2.78 bits per heavy atom.